The Kier molecular flexibility index (Phi) is 4.18. The van der Waals surface area contributed by atoms with Gasteiger partial charge in [-0.2, -0.15) is 0 Å². The topological polar surface area (TPSA) is 42.4 Å². The lowest BCUT2D eigenvalue weighted by atomic mass is 9.85. The third-order valence-corrected chi connectivity index (χ3v) is 5.24. The minimum atomic E-state index is 0.253. The van der Waals surface area contributed by atoms with Crippen molar-refractivity contribution >= 4 is 0 Å². The van der Waals surface area contributed by atoms with Crippen molar-refractivity contribution in [2.75, 3.05) is 19.6 Å². The summed E-state index contributed by atoms with van der Waals surface area (Å²) in [4.78, 5) is 2.50. The molecule has 3 rings (SSSR count). The predicted octanol–water partition coefficient (Wildman–Crippen LogP) is 3.52. The lowest BCUT2D eigenvalue weighted by Crippen LogP contribution is -2.38. The van der Waals surface area contributed by atoms with Crippen LogP contribution in [0.5, 0.6) is 0 Å². The molecule has 0 aliphatic heterocycles. The first kappa shape index (κ1) is 14.2. The van der Waals surface area contributed by atoms with Crippen molar-refractivity contribution in [3.05, 3.63) is 23.7 Å². The van der Waals surface area contributed by atoms with Gasteiger partial charge in [-0.15, -0.1) is 0 Å². The lowest BCUT2D eigenvalue weighted by Gasteiger charge is -2.35. The molecule has 3 nitrogen and oxygen atoms in total. The van der Waals surface area contributed by atoms with E-state index in [2.05, 4.69) is 30.9 Å². The second-order valence-corrected chi connectivity index (χ2v) is 6.70. The van der Waals surface area contributed by atoms with Crippen LogP contribution in [-0.2, 0) is 0 Å². The van der Waals surface area contributed by atoms with E-state index in [1.54, 1.807) is 0 Å². The van der Waals surface area contributed by atoms with E-state index in [0.717, 1.165) is 24.1 Å². The maximum absolute atomic E-state index is 6.13. The molecule has 3 heteroatoms. The van der Waals surface area contributed by atoms with Gasteiger partial charge in [0.25, 0.3) is 0 Å². The molecule has 2 saturated carbocycles. The van der Waals surface area contributed by atoms with E-state index in [0.29, 0.717) is 12.5 Å². The molecule has 0 aromatic carbocycles. The average Bonchev–Trinajstić information content (AvgIpc) is 2.94. The van der Waals surface area contributed by atoms with Crippen molar-refractivity contribution in [2.24, 2.45) is 17.6 Å². The monoisotopic (exact) mass is 276 g/mol. The standard InChI is InChI=1S/C17H28N2O/c1-3-19(11-13-5-4-6-13)15(10-18)17-8-7-16(20-17)14-9-12(14)2/h7-8,12-15H,3-6,9-11,18H2,1-2H3. The maximum atomic E-state index is 6.13. The zero-order valence-corrected chi connectivity index (χ0v) is 12.8. The van der Waals surface area contributed by atoms with Gasteiger partial charge in [-0.3, -0.25) is 4.90 Å². The van der Waals surface area contributed by atoms with E-state index < -0.39 is 0 Å². The van der Waals surface area contributed by atoms with Crippen LogP contribution in [0.25, 0.3) is 0 Å². The molecule has 3 unspecified atom stereocenters. The van der Waals surface area contributed by atoms with Crippen molar-refractivity contribution in [1.82, 2.24) is 4.90 Å². The van der Waals surface area contributed by atoms with E-state index in [1.807, 2.05) is 0 Å². The molecule has 2 fully saturated rings. The van der Waals surface area contributed by atoms with Gasteiger partial charge in [0.1, 0.15) is 11.5 Å². The Bertz CT molecular complexity index is 438. The van der Waals surface area contributed by atoms with Gasteiger partial charge in [0.2, 0.25) is 0 Å². The fourth-order valence-electron chi connectivity index (χ4n) is 3.39. The van der Waals surface area contributed by atoms with Crippen LogP contribution in [0.1, 0.15) is 63.0 Å². The molecule has 20 heavy (non-hydrogen) atoms. The Labute approximate surface area is 122 Å². The van der Waals surface area contributed by atoms with Gasteiger partial charge >= 0.3 is 0 Å². The Morgan fingerprint density at radius 3 is 2.65 bits per heavy atom. The highest BCUT2D eigenvalue weighted by Crippen LogP contribution is 2.47. The smallest absolute Gasteiger partial charge is 0.122 e. The van der Waals surface area contributed by atoms with E-state index in [9.17, 15) is 0 Å². The second kappa shape index (κ2) is 5.90. The third kappa shape index (κ3) is 2.79. The summed E-state index contributed by atoms with van der Waals surface area (Å²) in [7, 11) is 0. The number of hydrogen-bond donors (Lipinski definition) is 1. The van der Waals surface area contributed by atoms with Crippen molar-refractivity contribution in [2.45, 2.75) is 51.5 Å². The zero-order valence-electron chi connectivity index (χ0n) is 12.8. The maximum Gasteiger partial charge on any atom is 0.122 e. The van der Waals surface area contributed by atoms with Gasteiger partial charge in [0.05, 0.1) is 6.04 Å². The first-order chi connectivity index (χ1) is 9.72. The molecule has 112 valence electrons. The van der Waals surface area contributed by atoms with E-state index >= 15 is 0 Å². The van der Waals surface area contributed by atoms with Gasteiger partial charge in [-0.05, 0) is 49.8 Å². The summed E-state index contributed by atoms with van der Waals surface area (Å²) in [5.41, 5.74) is 6.04. The molecular weight excluding hydrogens is 248 g/mol. The molecule has 0 saturated heterocycles. The summed E-state index contributed by atoms with van der Waals surface area (Å²) in [6.07, 6.45) is 5.45. The van der Waals surface area contributed by atoms with Crippen LogP contribution in [0.2, 0.25) is 0 Å². The zero-order chi connectivity index (χ0) is 14.1. The molecule has 0 radical (unpaired) electrons. The van der Waals surface area contributed by atoms with Gasteiger partial charge in [-0.25, -0.2) is 0 Å². The van der Waals surface area contributed by atoms with Crippen molar-refractivity contribution in [3.8, 4) is 0 Å². The van der Waals surface area contributed by atoms with Crippen LogP contribution >= 0.6 is 0 Å². The number of nitrogens with zero attached hydrogens (tertiary/aromatic N) is 1. The molecule has 1 heterocycles. The van der Waals surface area contributed by atoms with E-state index in [-0.39, 0.29) is 6.04 Å². The fraction of sp³-hybridized carbons (Fsp3) is 0.765. The van der Waals surface area contributed by atoms with Crippen LogP contribution in [0.3, 0.4) is 0 Å². The third-order valence-electron chi connectivity index (χ3n) is 5.24. The van der Waals surface area contributed by atoms with E-state index in [4.69, 9.17) is 10.2 Å². The molecule has 2 aliphatic carbocycles. The predicted molar refractivity (Wildman–Crippen MR) is 81.6 cm³/mol. The molecule has 0 spiro atoms. The normalized spacial score (nSPS) is 27.6. The molecule has 3 atom stereocenters. The van der Waals surface area contributed by atoms with Gasteiger partial charge in [-0.1, -0.05) is 20.3 Å². The van der Waals surface area contributed by atoms with Crippen molar-refractivity contribution in [1.29, 1.82) is 0 Å². The summed E-state index contributed by atoms with van der Waals surface area (Å²) >= 11 is 0. The van der Waals surface area contributed by atoms with Gasteiger partial charge in [0.15, 0.2) is 0 Å². The van der Waals surface area contributed by atoms with Crippen molar-refractivity contribution in [3.63, 3.8) is 0 Å². The first-order valence-electron chi connectivity index (χ1n) is 8.26. The SMILES string of the molecule is CCN(CC1CCC1)C(CN)c1ccc(C2CC2C)o1. The highest BCUT2D eigenvalue weighted by Gasteiger charge is 2.37. The molecular formula is C17H28N2O. The molecule has 0 amide bonds. The van der Waals surface area contributed by atoms with Crippen LogP contribution in [0.4, 0.5) is 0 Å². The number of rotatable bonds is 7. The fourth-order valence-corrected chi connectivity index (χ4v) is 3.39. The minimum absolute atomic E-state index is 0.253. The summed E-state index contributed by atoms with van der Waals surface area (Å²) in [5.74, 6) is 4.57. The largest absolute Gasteiger partial charge is 0.464 e. The Morgan fingerprint density at radius 2 is 2.15 bits per heavy atom. The quantitative estimate of drug-likeness (QED) is 0.828. The van der Waals surface area contributed by atoms with Crippen LogP contribution in [0, 0.1) is 11.8 Å². The number of furan rings is 1. The highest BCUT2D eigenvalue weighted by molar-refractivity contribution is 5.19. The summed E-state index contributed by atoms with van der Waals surface area (Å²) in [5, 5.41) is 0. The summed E-state index contributed by atoms with van der Waals surface area (Å²) in [6, 6.07) is 4.58. The van der Waals surface area contributed by atoms with Crippen molar-refractivity contribution < 1.29 is 4.42 Å². The van der Waals surface area contributed by atoms with Crippen LogP contribution < -0.4 is 5.73 Å². The van der Waals surface area contributed by atoms with E-state index in [1.165, 1.54) is 38.0 Å². The Hall–Kier alpha value is -0.800. The molecule has 2 N–H and O–H groups in total. The van der Waals surface area contributed by atoms with Crippen LogP contribution in [-0.4, -0.2) is 24.5 Å². The lowest BCUT2D eigenvalue weighted by molar-refractivity contribution is 0.127. The summed E-state index contributed by atoms with van der Waals surface area (Å²) in [6.45, 7) is 7.40. The Balaban J connectivity index is 1.68. The average molecular weight is 276 g/mol. The number of likely N-dealkylation sites (N-methyl/N-ethyl adjacent to an activating group) is 1. The second-order valence-electron chi connectivity index (χ2n) is 6.70. The minimum Gasteiger partial charge on any atom is -0.464 e. The summed E-state index contributed by atoms with van der Waals surface area (Å²) < 4.78 is 6.13. The first-order valence-corrected chi connectivity index (χ1v) is 8.26. The highest BCUT2D eigenvalue weighted by atomic mass is 16.3. The molecule has 2 aliphatic rings. The molecule has 1 aromatic rings. The van der Waals surface area contributed by atoms with Gasteiger partial charge in [0, 0.05) is 19.0 Å². The number of hydrogen-bond acceptors (Lipinski definition) is 3. The Morgan fingerprint density at radius 1 is 1.40 bits per heavy atom. The number of nitrogens with two attached hydrogens (primary N) is 1. The molecule has 0 bridgehead atoms. The van der Waals surface area contributed by atoms with Crippen LogP contribution in [0.15, 0.2) is 16.5 Å². The van der Waals surface area contributed by atoms with Gasteiger partial charge < -0.3 is 10.2 Å². The molecule has 1 aromatic heterocycles.